The molecule has 1 aromatic carbocycles. The number of quaternary nitrogens is 1. The molecule has 7 heteroatoms. The van der Waals surface area contributed by atoms with Gasteiger partial charge in [0, 0.05) is 0 Å². The highest BCUT2D eigenvalue weighted by Gasteiger charge is 2.22. The Balaban J connectivity index is 2.05. The van der Waals surface area contributed by atoms with Gasteiger partial charge in [0.1, 0.15) is 25.7 Å². The van der Waals surface area contributed by atoms with Crippen LogP contribution in [0.4, 0.5) is 0 Å². The van der Waals surface area contributed by atoms with E-state index in [0.29, 0.717) is 22.8 Å². The van der Waals surface area contributed by atoms with Gasteiger partial charge in [-0.05, 0) is 19.1 Å². The van der Waals surface area contributed by atoms with E-state index >= 15 is 0 Å². The van der Waals surface area contributed by atoms with Gasteiger partial charge in [0.15, 0.2) is 11.5 Å². The molecule has 1 fully saturated rings. The standard InChI is InChI=1S/C17H25NO6/c1-12(11-18-5-7-23-8-6-18)24-17(19)13-9-14(20-2)16(22-4)15(10-13)21-3/h9-10,12H,5-8,11H2,1-4H3/p+1/t12-/m0/s1. The second kappa shape index (κ2) is 8.75. The number of hydrogen-bond donors (Lipinski definition) is 1. The molecule has 7 nitrogen and oxygen atoms in total. The van der Waals surface area contributed by atoms with Crippen LogP contribution in [-0.2, 0) is 9.47 Å². The largest absolute Gasteiger partial charge is 0.493 e. The molecule has 1 N–H and O–H groups in total. The molecule has 0 bridgehead atoms. The molecule has 0 unspecified atom stereocenters. The van der Waals surface area contributed by atoms with Gasteiger partial charge in [0.25, 0.3) is 0 Å². The summed E-state index contributed by atoms with van der Waals surface area (Å²) in [6, 6.07) is 3.19. The van der Waals surface area contributed by atoms with Crippen LogP contribution in [0.3, 0.4) is 0 Å². The number of hydrogen-bond acceptors (Lipinski definition) is 6. The molecule has 24 heavy (non-hydrogen) atoms. The van der Waals surface area contributed by atoms with E-state index in [9.17, 15) is 4.79 Å². The third kappa shape index (κ3) is 4.52. The lowest BCUT2D eigenvalue weighted by atomic mass is 10.2. The summed E-state index contributed by atoms with van der Waals surface area (Å²) in [6.45, 7) is 6.04. The predicted octanol–water partition coefficient (Wildman–Crippen LogP) is 0.173. The lowest BCUT2D eigenvalue weighted by molar-refractivity contribution is -0.910. The van der Waals surface area contributed by atoms with Crippen LogP contribution >= 0.6 is 0 Å². The van der Waals surface area contributed by atoms with Crippen molar-refractivity contribution in [1.82, 2.24) is 0 Å². The number of carbonyl (C=O) groups excluding carboxylic acids is 1. The molecule has 134 valence electrons. The molecular formula is C17H26NO6+. The van der Waals surface area contributed by atoms with Gasteiger partial charge in [-0.25, -0.2) is 4.79 Å². The minimum Gasteiger partial charge on any atom is -0.493 e. The van der Waals surface area contributed by atoms with Crippen molar-refractivity contribution in [2.45, 2.75) is 13.0 Å². The van der Waals surface area contributed by atoms with E-state index in [1.54, 1.807) is 12.1 Å². The molecule has 1 aliphatic heterocycles. The molecule has 0 saturated carbocycles. The van der Waals surface area contributed by atoms with E-state index < -0.39 is 5.97 Å². The minimum atomic E-state index is -0.408. The lowest BCUT2D eigenvalue weighted by Gasteiger charge is -2.26. The fourth-order valence-corrected chi connectivity index (χ4v) is 2.76. The van der Waals surface area contributed by atoms with Crippen LogP contribution in [0.15, 0.2) is 12.1 Å². The Morgan fingerprint density at radius 2 is 1.71 bits per heavy atom. The molecular weight excluding hydrogens is 314 g/mol. The van der Waals surface area contributed by atoms with E-state index in [0.717, 1.165) is 32.8 Å². The third-order valence-electron chi connectivity index (χ3n) is 3.98. The number of rotatable bonds is 7. The van der Waals surface area contributed by atoms with Gasteiger partial charge in [-0.2, -0.15) is 0 Å². The molecule has 1 saturated heterocycles. The number of benzene rings is 1. The highest BCUT2D eigenvalue weighted by atomic mass is 16.5. The summed E-state index contributed by atoms with van der Waals surface area (Å²) in [5, 5.41) is 0. The van der Waals surface area contributed by atoms with E-state index in [-0.39, 0.29) is 6.10 Å². The second-order valence-electron chi connectivity index (χ2n) is 5.70. The Morgan fingerprint density at radius 3 is 2.21 bits per heavy atom. The van der Waals surface area contributed by atoms with Crippen molar-refractivity contribution in [3.05, 3.63) is 17.7 Å². The molecule has 0 aromatic heterocycles. The second-order valence-corrected chi connectivity index (χ2v) is 5.70. The average Bonchev–Trinajstić information content (AvgIpc) is 2.60. The summed E-state index contributed by atoms with van der Waals surface area (Å²) in [6.07, 6.45) is -0.190. The number of carbonyl (C=O) groups is 1. The van der Waals surface area contributed by atoms with Gasteiger partial charge in [-0.15, -0.1) is 0 Å². The summed E-state index contributed by atoms with van der Waals surface area (Å²) in [5.41, 5.74) is 0.369. The van der Waals surface area contributed by atoms with Crippen LogP contribution in [-0.4, -0.2) is 66.3 Å². The number of methoxy groups -OCH3 is 3. The van der Waals surface area contributed by atoms with Crippen LogP contribution in [0.1, 0.15) is 17.3 Å². The van der Waals surface area contributed by atoms with Crippen LogP contribution < -0.4 is 19.1 Å². The highest BCUT2D eigenvalue weighted by Crippen LogP contribution is 2.38. The Hall–Kier alpha value is -1.99. The van der Waals surface area contributed by atoms with Crippen LogP contribution in [0.5, 0.6) is 17.2 Å². The first-order valence-corrected chi connectivity index (χ1v) is 8.01. The minimum absolute atomic E-state index is 0.190. The SMILES string of the molecule is COc1cc(C(=O)O[C@@H](C)C[NH+]2CCOCC2)cc(OC)c1OC. The van der Waals surface area contributed by atoms with Crippen molar-refractivity contribution in [2.24, 2.45) is 0 Å². The van der Waals surface area contributed by atoms with E-state index in [1.807, 2.05) is 6.92 Å². The summed E-state index contributed by atoms with van der Waals surface area (Å²) in [5.74, 6) is 0.891. The van der Waals surface area contributed by atoms with Gasteiger partial charge in [-0.1, -0.05) is 0 Å². The van der Waals surface area contributed by atoms with Crippen molar-refractivity contribution in [2.75, 3.05) is 54.2 Å². The first-order valence-electron chi connectivity index (χ1n) is 8.01. The Bertz CT molecular complexity index is 531. The lowest BCUT2D eigenvalue weighted by Crippen LogP contribution is -3.15. The first-order chi connectivity index (χ1) is 11.6. The van der Waals surface area contributed by atoms with Gasteiger partial charge in [0.05, 0.1) is 40.1 Å². The quantitative estimate of drug-likeness (QED) is 0.714. The van der Waals surface area contributed by atoms with E-state index in [1.165, 1.54) is 26.2 Å². The van der Waals surface area contributed by atoms with E-state index in [2.05, 4.69) is 0 Å². The smallest absolute Gasteiger partial charge is 0.338 e. The van der Waals surface area contributed by atoms with Crippen molar-refractivity contribution < 1.29 is 33.4 Å². The van der Waals surface area contributed by atoms with Crippen LogP contribution in [0.2, 0.25) is 0 Å². The maximum atomic E-state index is 12.4. The number of esters is 1. The Kier molecular flexibility index (Phi) is 6.69. The zero-order valence-electron chi connectivity index (χ0n) is 14.7. The maximum absolute atomic E-state index is 12.4. The highest BCUT2D eigenvalue weighted by molar-refractivity contribution is 5.91. The fraction of sp³-hybridized carbons (Fsp3) is 0.588. The fourth-order valence-electron chi connectivity index (χ4n) is 2.76. The predicted molar refractivity (Wildman–Crippen MR) is 87.4 cm³/mol. The monoisotopic (exact) mass is 340 g/mol. The van der Waals surface area contributed by atoms with Crippen molar-refractivity contribution in [1.29, 1.82) is 0 Å². The summed E-state index contributed by atoms with van der Waals surface area (Å²) in [4.78, 5) is 13.8. The number of nitrogens with one attached hydrogen (secondary N) is 1. The Morgan fingerprint density at radius 1 is 1.12 bits per heavy atom. The zero-order valence-corrected chi connectivity index (χ0v) is 14.7. The van der Waals surface area contributed by atoms with Crippen molar-refractivity contribution >= 4 is 5.97 Å². The van der Waals surface area contributed by atoms with E-state index in [4.69, 9.17) is 23.7 Å². The molecule has 0 aliphatic carbocycles. The third-order valence-corrected chi connectivity index (χ3v) is 3.98. The van der Waals surface area contributed by atoms with Crippen molar-refractivity contribution in [3.8, 4) is 17.2 Å². The Labute approximate surface area is 142 Å². The number of morpholine rings is 1. The van der Waals surface area contributed by atoms with Gasteiger partial charge < -0.3 is 28.6 Å². The molecule has 1 aromatic rings. The molecule has 1 atom stereocenters. The van der Waals surface area contributed by atoms with Crippen LogP contribution in [0.25, 0.3) is 0 Å². The molecule has 0 spiro atoms. The zero-order chi connectivity index (χ0) is 17.5. The topological polar surface area (TPSA) is 67.7 Å². The molecule has 0 radical (unpaired) electrons. The average molecular weight is 340 g/mol. The normalized spacial score (nSPS) is 16.3. The summed E-state index contributed by atoms with van der Waals surface area (Å²) < 4.78 is 26.7. The first kappa shape index (κ1) is 18.4. The summed E-state index contributed by atoms with van der Waals surface area (Å²) in [7, 11) is 4.54. The maximum Gasteiger partial charge on any atom is 0.338 e. The van der Waals surface area contributed by atoms with Gasteiger partial charge in [0.2, 0.25) is 5.75 Å². The number of ether oxygens (including phenoxy) is 5. The van der Waals surface area contributed by atoms with Gasteiger partial charge >= 0.3 is 5.97 Å². The van der Waals surface area contributed by atoms with Crippen molar-refractivity contribution in [3.63, 3.8) is 0 Å². The molecule has 0 amide bonds. The van der Waals surface area contributed by atoms with Gasteiger partial charge in [-0.3, -0.25) is 0 Å². The summed E-state index contributed by atoms with van der Waals surface area (Å²) >= 11 is 0. The molecule has 1 aliphatic rings. The molecule has 2 rings (SSSR count). The van der Waals surface area contributed by atoms with Crippen LogP contribution in [0, 0.1) is 0 Å². The molecule has 1 heterocycles.